The van der Waals surface area contributed by atoms with Gasteiger partial charge < -0.3 is 15.1 Å². The molecule has 1 aliphatic heterocycles. The predicted molar refractivity (Wildman–Crippen MR) is 110 cm³/mol. The minimum atomic E-state index is -0.254. The highest BCUT2D eigenvalue weighted by Crippen LogP contribution is 2.40. The third-order valence-corrected chi connectivity index (χ3v) is 5.81. The lowest BCUT2D eigenvalue weighted by Gasteiger charge is -2.36. The van der Waals surface area contributed by atoms with Crippen molar-refractivity contribution in [3.8, 4) is 0 Å². The molecule has 2 fully saturated rings. The summed E-state index contributed by atoms with van der Waals surface area (Å²) in [5, 5.41) is 2.85. The lowest BCUT2D eigenvalue weighted by atomic mass is 10.1. The molecule has 0 spiro atoms. The van der Waals surface area contributed by atoms with Gasteiger partial charge in [0.15, 0.2) is 0 Å². The van der Waals surface area contributed by atoms with Crippen LogP contribution >= 0.6 is 0 Å². The van der Waals surface area contributed by atoms with E-state index in [0.29, 0.717) is 38.0 Å². The second-order valence-corrected chi connectivity index (χ2v) is 7.73. The molecule has 1 saturated carbocycles. The third-order valence-electron chi connectivity index (χ3n) is 5.81. The number of piperazine rings is 1. The van der Waals surface area contributed by atoms with Gasteiger partial charge in [0.25, 0.3) is 0 Å². The molecule has 2 aromatic carbocycles. The molecular weight excluding hydrogens is 369 g/mol. The monoisotopic (exact) mass is 395 g/mol. The van der Waals surface area contributed by atoms with E-state index in [1.807, 2.05) is 23.1 Å². The summed E-state index contributed by atoms with van der Waals surface area (Å²) in [6, 6.07) is 16.8. The summed E-state index contributed by atoms with van der Waals surface area (Å²) >= 11 is 0. The molecule has 1 N–H and O–H groups in total. The van der Waals surface area contributed by atoms with Crippen LogP contribution in [0.4, 0.5) is 10.1 Å². The molecule has 5 nitrogen and oxygen atoms in total. The number of hydrogen-bond acceptors (Lipinski definition) is 3. The molecule has 0 bridgehead atoms. The molecule has 2 aromatic rings. The molecular formula is C23H26FN3O2. The smallest absolute Gasteiger partial charge is 0.226 e. The average Bonchev–Trinajstić information content (AvgIpc) is 3.56. The molecule has 6 heteroatoms. The minimum absolute atomic E-state index is 0.0898. The van der Waals surface area contributed by atoms with Crippen LogP contribution in [0, 0.1) is 17.7 Å². The fourth-order valence-electron chi connectivity index (χ4n) is 3.97. The molecule has 152 valence electrons. The molecule has 2 unspecified atom stereocenters. The summed E-state index contributed by atoms with van der Waals surface area (Å²) < 4.78 is 13.6. The van der Waals surface area contributed by atoms with Crippen LogP contribution in [0.3, 0.4) is 0 Å². The Bertz CT molecular complexity index is 865. The van der Waals surface area contributed by atoms with Crippen molar-refractivity contribution >= 4 is 17.5 Å². The molecule has 1 saturated heterocycles. The van der Waals surface area contributed by atoms with Crippen molar-refractivity contribution in [2.75, 3.05) is 37.6 Å². The van der Waals surface area contributed by atoms with Crippen molar-refractivity contribution < 1.29 is 14.0 Å². The van der Waals surface area contributed by atoms with Crippen LogP contribution in [0.15, 0.2) is 54.6 Å². The predicted octanol–water partition coefficient (Wildman–Crippen LogP) is 2.47. The maximum absolute atomic E-state index is 13.6. The number of benzene rings is 2. The zero-order chi connectivity index (χ0) is 20.2. The molecule has 1 aliphatic carbocycles. The number of halogens is 1. The molecule has 2 amide bonds. The van der Waals surface area contributed by atoms with Crippen molar-refractivity contribution in [3.05, 3.63) is 66.0 Å². The van der Waals surface area contributed by atoms with E-state index in [-0.39, 0.29) is 29.5 Å². The van der Waals surface area contributed by atoms with Gasteiger partial charge in [0.2, 0.25) is 11.8 Å². The number of amides is 2. The Morgan fingerprint density at radius 3 is 2.34 bits per heavy atom. The van der Waals surface area contributed by atoms with Crippen LogP contribution in [-0.2, 0) is 16.0 Å². The van der Waals surface area contributed by atoms with E-state index in [2.05, 4.69) is 22.3 Å². The third kappa shape index (κ3) is 4.58. The average molecular weight is 395 g/mol. The van der Waals surface area contributed by atoms with Crippen molar-refractivity contribution in [1.29, 1.82) is 0 Å². The number of hydrogen-bond donors (Lipinski definition) is 1. The van der Waals surface area contributed by atoms with E-state index in [1.165, 1.54) is 11.8 Å². The van der Waals surface area contributed by atoms with Gasteiger partial charge in [-0.05, 0) is 36.6 Å². The first-order valence-electron chi connectivity index (χ1n) is 10.2. The van der Waals surface area contributed by atoms with E-state index >= 15 is 0 Å². The van der Waals surface area contributed by atoms with Crippen LogP contribution in [-0.4, -0.2) is 49.4 Å². The normalized spacial score (nSPS) is 21.0. The van der Waals surface area contributed by atoms with Crippen molar-refractivity contribution in [2.45, 2.75) is 12.8 Å². The van der Waals surface area contributed by atoms with Crippen LogP contribution in [0.25, 0.3) is 0 Å². The van der Waals surface area contributed by atoms with Crippen molar-refractivity contribution in [3.63, 3.8) is 0 Å². The van der Waals surface area contributed by atoms with Crippen LogP contribution < -0.4 is 10.2 Å². The van der Waals surface area contributed by atoms with Gasteiger partial charge in [-0.25, -0.2) is 4.39 Å². The molecule has 0 radical (unpaired) electrons. The Kier molecular flexibility index (Phi) is 5.79. The maximum atomic E-state index is 13.6. The van der Waals surface area contributed by atoms with Crippen molar-refractivity contribution in [1.82, 2.24) is 10.2 Å². The van der Waals surface area contributed by atoms with Crippen molar-refractivity contribution in [2.24, 2.45) is 11.8 Å². The van der Waals surface area contributed by atoms with Crippen LogP contribution in [0.2, 0.25) is 0 Å². The first-order valence-corrected chi connectivity index (χ1v) is 10.2. The first kappa shape index (κ1) is 19.4. The second kappa shape index (κ2) is 8.64. The number of anilines is 1. The van der Waals surface area contributed by atoms with E-state index in [1.54, 1.807) is 18.2 Å². The number of carbonyl (C=O) groups excluding carboxylic acids is 2. The van der Waals surface area contributed by atoms with Gasteiger partial charge in [-0.15, -0.1) is 0 Å². The topological polar surface area (TPSA) is 52.7 Å². The van der Waals surface area contributed by atoms with Gasteiger partial charge in [-0.2, -0.15) is 0 Å². The summed E-state index contributed by atoms with van der Waals surface area (Å²) in [6.45, 7) is 3.37. The molecule has 29 heavy (non-hydrogen) atoms. The zero-order valence-electron chi connectivity index (χ0n) is 16.4. The van der Waals surface area contributed by atoms with Gasteiger partial charge in [0.05, 0.1) is 11.8 Å². The standard InChI is InChI=1S/C23H26FN3O2/c24-21-9-5-4-6-17(21)10-11-25-22(28)19-16-20(19)23(29)27-14-12-26(13-15-27)18-7-2-1-3-8-18/h1-9,19-20H,10-16H2,(H,25,28). The summed E-state index contributed by atoms with van der Waals surface area (Å²) in [7, 11) is 0. The fraction of sp³-hybridized carbons (Fsp3) is 0.391. The van der Waals surface area contributed by atoms with Gasteiger partial charge in [-0.3, -0.25) is 9.59 Å². The molecule has 4 rings (SSSR count). The summed E-state index contributed by atoms with van der Waals surface area (Å²) in [4.78, 5) is 29.2. The number of nitrogens with one attached hydrogen (secondary N) is 1. The Morgan fingerprint density at radius 1 is 0.931 bits per heavy atom. The highest BCUT2D eigenvalue weighted by atomic mass is 19.1. The van der Waals surface area contributed by atoms with E-state index in [0.717, 1.165) is 13.1 Å². The first-order chi connectivity index (χ1) is 14.1. The fourth-order valence-corrected chi connectivity index (χ4v) is 3.97. The maximum Gasteiger partial charge on any atom is 0.226 e. The van der Waals surface area contributed by atoms with E-state index < -0.39 is 0 Å². The zero-order valence-corrected chi connectivity index (χ0v) is 16.4. The lowest BCUT2D eigenvalue weighted by molar-refractivity contribution is -0.135. The summed E-state index contributed by atoms with van der Waals surface area (Å²) in [6.07, 6.45) is 1.06. The summed E-state index contributed by atoms with van der Waals surface area (Å²) in [5.74, 6) is -0.701. The molecule has 2 atom stereocenters. The van der Waals surface area contributed by atoms with Gasteiger partial charge in [-0.1, -0.05) is 36.4 Å². The Labute approximate surface area is 170 Å². The minimum Gasteiger partial charge on any atom is -0.368 e. The quantitative estimate of drug-likeness (QED) is 0.818. The highest BCUT2D eigenvalue weighted by molar-refractivity contribution is 5.92. The number of para-hydroxylation sites is 1. The van der Waals surface area contributed by atoms with Gasteiger partial charge in [0.1, 0.15) is 5.82 Å². The second-order valence-electron chi connectivity index (χ2n) is 7.73. The van der Waals surface area contributed by atoms with Gasteiger partial charge in [0, 0.05) is 38.4 Å². The number of carbonyl (C=O) groups is 2. The van der Waals surface area contributed by atoms with Crippen LogP contribution in [0.1, 0.15) is 12.0 Å². The van der Waals surface area contributed by atoms with Crippen LogP contribution in [0.5, 0.6) is 0 Å². The Balaban J connectivity index is 1.20. The summed E-state index contributed by atoms with van der Waals surface area (Å²) in [5.41, 5.74) is 1.77. The number of nitrogens with zero attached hydrogens (tertiary/aromatic N) is 2. The highest BCUT2D eigenvalue weighted by Gasteiger charge is 2.49. The van der Waals surface area contributed by atoms with E-state index in [9.17, 15) is 14.0 Å². The largest absolute Gasteiger partial charge is 0.368 e. The molecule has 2 aliphatic rings. The molecule has 0 aromatic heterocycles. The Morgan fingerprint density at radius 2 is 1.62 bits per heavy atom. The van der Waals surface area contributed by atoms with E-state index in [4.69, 9.17) is 0 Å². The van der Waals surface area contributed by atoms with Gasteiger partial charge >= 0.3 is 0 Å². The SMILES string of the molecule is O=C(NCCc1ccccc1F)C1CC1C(=O)N1CCN(c2ccccc2)CC1. The molecule has 1 heterocycles. The number of rotatable bonds is 6. The Hall–Kier alpha value is -2.89. The lowest BCUT2D eigenvalue weighted by Crippen LogP contribution is -2.49.